The van der Waals surface area contributed by atoms with Crippen molar-refractivity contribution in [1.82, 2.24) is 20.3 Å². The summed E-state index contributed by atoms with van der Waals surface area (Å²) in [6.45, 7) is 2.52. The van der Waals surface area contributed by atoms with Crippen LogP contribution in [0.4, 0.5) is 0 Å². The van der Waals surface area contributed by atoms with E-state index in [1.165, 1.54) is 27.8 Å². The standard InChI is InChI=1S/C24H24N4O3S2/c1-14-5-7-15(8-6-14)23-26-16(11-31-23)9-10-25-20(29)13-32-12-19-27-22(30)21-17-3-2-4-18(17)33-24(21)28-19/h5-8,11H,2-4,9-10,12-13H2,1H3,(H,25,29)(H,27,28,30). The number of aromatic nitrogens is 3. The van der Waals surface area contributed by atoms with E-state index in [0.717, 1.165) is 40.7 Å². The van der Waals surface area contributed by atoms with E-state index in [1.807, 2.05) is 31.2 Å². The molecule has 9 heteroatoms. The van der Waals surface area contributed by atoms with Gasteiger partial charge >= 0.3 is 0 Å². The molecule has 0 saturated carbocycles. The van der Waals surface area contributed by atoms with E-state index in [1.54, 1.807) is 17.6 Å². The summed E-state index contributed by atoms with van der Waals surface area (Å²) in [7, 11) is 0. The van der Waals surface area contributed by atoms with Crippen LogP contribution >= 0.6 is 23.1 Å². The molecule has 3 heterocycles. The number of hydrogen-bond acceptors (Lipinski definition) is 7. The number of hydrogen-bond donors (Lipinski definition) is 2. The van der Waals surface area contributed by atoms with Crippen molar-refractivity contribution in [3.8, 4) is 11.5 Å². The maximum Gasteiger partial charge on any atom is 0.259 e. The lowest BCUT2D eigenvalue weighted by molar-refractivity contribution is -0.118. The van der Waals surface area contributed by atoms with E-state index >= 15 is 0 Å². The summed E-state index contributed by atoms with van der Waals surface area (Å²) in [5, 5.41) is 3.67. The van der Waals surface area contributed by atoms with Gasteiger partial charge in [0.15, 0.2) is 0 Å². The van der Waals surface area contributed by atoms with Crippen molar-refractivity contribution in [2.24, 2.45) is 0 Å². The van der Waals surface area contributed by atoms with Crippen LogP contribution in [0, 0.1) is 6.92 Å². The molecule has 7 nitrogen and oxygen atoms in total. The predicted octanol–water partition coefficient (Wildman–Crippen LogP) is 4.03. The highest BCUT2D eigenvalue weighted by Crippen LogP contribution is 2.34. The lowest BCUT2D eigenvalue weighted by Gasteiger charge is -2.04. The maximum atomic E-state index is 12.5. The van der Waals surface area contributed by atoms with Gasteiger partial charge in [-0.3, -0.25) is 9.59 Å². The SMILES string of the molecule is Cc1ccc(-c2nc(CCNC(=O)CSCc3nc4sc5c(c4c(=O)[nH]3)CCC5)co2)cc1. The van der Waals surface area contributed by atoms with Gasteiger partial charge in [0.05, 0.1) is 22.6 Å². The Morgan fingerprint density at radius 3 is 2.94 bits per heavy atom. The molecule has 0 bridgehead atoms. The van der Waals surface area contributed by atoms with E-state index in [-0.39, 0.29) is 11.5 Å². The van der Waals surface area contributed by atoms with Crippen molar-refractivity contribution in [2.45, 2.75) is 38.4 Å². The van der Waals surface area contributed by atoms with Gasteiger partial charge in [0.1, 0.15) is 16.9 Å². The fourth-order valence-electron chi connectivity index (χ4n) is 3.99. The molecule has 3 aromatic heterocycles. The van der Waals surface area contributed by atoms with Gasteiger partial charge in [-0.2, -0.15) is 0 Å². The number of carbonyl (C=O) groups excluding carboxylic acids is 1. The summed E-state index contributed by atoms with van der Waals surface area (Å²) in [6, 6.07) is 8.00. The number of fused-ring (bicyclic) bond motifs is 3. The second kappa shape index (κ2) is 9.52. The van der Waals surface area contributed by atoms with Gasteiger partial charge in [-0.15, -0.1) is 23.1 Å². The van der Waals surface area contributed by atoms with Crippen LogP contribution in [0.25, 0.3) is 21.7 Å². The van der Waals surface area contributed by atoms with Crippen LogP contribution in [0.1, 0.15) is 33.9 Å². The number of nitrogens with zero attached hydrogens (tertiary/aromatic N) is 2. The number of thiophene rings is 1. The molecule has 1 amide bonds. The number of amides is 1. The number of benzene rings is 1. The molecule has 0 atom stereocenters. The minimum Gasteiger partial charge on any atom is -0.444 e. The van der Waals surface area contributed by atoms with Crippen LogP contribution in [0.3, 0.4) is 0 Å². The molecule has 33 heavy (non-hydrogen) atoms. The van der Waals surface area contributed by atoms with E-state index in [0.29, 0.717) is 36.2 Å². The van der Waals surface area contributed by atoms with Crippen molar-refractivity contribution in [1.29, 1.82) is 0 Å². The van der Waals surface area contributed by atoms with Crippen LogP contribution in [0.15, 0.2) is 39.7 Å². The van der Waals surface area contributed by atoms with E-state index < -0.39 is 0 Å². The largest absolute Gasteiger partial charge is 0.444 e. The highest BCUT2D eigenvalue weighted by Gasteiger charge is 2.21. The van der Waals surface area contributed by atoms with E-state index in [2.05, 4.69) is 20.3 Å². The molecule has 0 unspecified atom stereocenters. The molecular weight excluding hydrogens is 456 g/mol. The van der Waals surface area contributed by atoms with Crippen LogP contribution < -0.4 is 10.9 Å². The first-order chi connectivity index (χ1) is 16.1. The molecule has 1 aliphatic carbocycles. The first-order valence-electron chi connectivity index (χ1n) is 11.0. The molecule has 0 aliphatic heterocycles. The van der Waals surface area contributed by atoms with Crippen molar-refractivity contribution in [3.63, 3.8) is 0 Å². The molecule has 0 saturated heterocycles. The van der Waals surface area contributed by atoms with Gasteiger partial charge in [-0.25, -0.2) is 9.97 Å². The van der Waals surface area contributed by atoms with Gasteiger partial charge < -0.3 is 14.7 Å². The van der Waals surface area contributed by atoms with Gasteiger partial charge in [-0.05, 0) is 43.9 Å². The zero-order valence-electron chi connectivity index (χ0n) is 18.3. The Morgan fingerprint density at radius 2 is 2.09 bits per heavy atom. The summed E-state index contributed by atoms with van der Waals surface area (Å²) < 4.78 is 5.56. The monoisotopic (exact) mass is 480 g/mol. The van der Waals surface area contributed by atoms with Crippen LogP contribution in [-0.2, 0) is 29.8 Å². The molecule has 1 aliphatic rings. The number of aryl methyl sites for hydroxylation is 3. The molecule has 0 radical (unpaired) electrons. The highest BCUT2D eigenvalue weighted by molar-refractivity contribution is 7.99. The van der Waals surface area contributed by atoms with E-state index in [9.17, 15) is 9.59 Å². The number of carbonyl (C=O) groups is 1. The zero-order chi connectivity index (χ0) is 22.8. The third kappa shape index (κ3) is 4.89. The topological polar surface area (TPSA) is 101 Å². The normalized spacial score (nSPS) is 12.9. The highest BCUT2D eigenvalue weighted by atomic mass is 32.2. The average molecular weight is 481 g/mol. The Labute approximate surface area is 199 Å². The summed E-state index contributed by atoms with van der Waals surface area (Å²) in [4.78, 5) is 38.8. The first kappa shape index (κ1) is 21.9. The minimum absolute atomic E-state index is 0.0548. The van der Waals surface area contributed by atoms with Gasteiger partial charge in [-0.1, -0.05) is 17.7 Å². The molecule has 4 aromatic rings. The molecule has 2 N–H and O–H groups in total. The Kier molecular flexibility index (Phi) is 6.32. The van der Waals surface area contributed by atoms with Crippen molar-refractivity contribution in [3.05, 3.63) is 68.4 Å². The molecule has 1 aromatic carbocycles. The predicted molar refractivity (Wildman–Crippen MR) is 132 cm³/mol. The van der Waals surface area contributed by atoms with Gasteiger partial charge in [0.25, 0.3) is 5.56 Å². The van der Waals surface area contributed by atoms with E-state index in [4.69, 9.17) is 4.42 Å². The number of H-pyrrole nitrogens is 1. The fraction of sp³-hybridized carbons (Fsp3) is 0.333. The van der Waals surface area contributed by atoms with Crippen LogP contribution in [0.2, 0.25) is 0 Å². The fourth-order valence-corrected chi connectivity index (χ4v) is 5.99. The maximum absolute atomic E-state index is 12.5. The number of nitrogens with one attached hydrogen (secondary N) is 2. The van der Waals surface area contributed by atoms with Crippen LogP contribution in [-0.4, -0.2) is 33.2 Å². The number of oxazole rings is 1. The Morgan fingerprint density at radius 1 is 1.24 bits per heavy atom. The minimum atomic E-state index is -0.0583. The van der Waals surface area contributed by atoms with Gasteiger partial charge in [0, 0.05) is 23.4 Å². The summed E-state index contributed by atoms with van der Waals surface area (Å²) >= 11 is 3.07. The van der Waals surface area contributed by atoms with Crippen molar-refractivity contribution < 1.29 is 9.21 Å². The molecule has 170 valence electrons. The van der Waals surface area contributed by atoms with Crippen molar-refractivity contribution in [2.75, 3.05) is 12.3 Å². The first-order valence-corrected chi connectivity index (χ1v) is 12.9. The Hall–Kier alpha value is -2.91. The number of rotatable bonds is 8. The Balaban J connectivity index is 1.08. The molecule has 0 fully saturated rings. The average Bonchev–Trinajstić information content (AvgIpc) is 3.50. The lowest BCUT2D eigenvalue weighted by Crippen LogP contribution is -2.27. The molecule has 5 rings (SSSR count). The number of aromatic amines is 1. The third-order valence-electron chi connectivity index (χ3n) is 5.65. The summed E-state index contributed by atoms with van der Waals surface area (Å²) in [6.07, 6.45) is 5.36. The molecular formula is C24H24N4O3S2. The number of thioether (sulfide) groups is 1. The van der Waals surface area contributed by atoms with Crippen LogP contribution in [0.5, 0.6) is 0 Å². The summed E-state index contributed by atoms with van der Waals surface area (Å²) in [5.74, 6) is 1.94. The smallest absolute Gasteiger partial charge is 0.259 e. The second-order valence-corrected chi connectivity index (χ2v) is 10.2. The second-order valence-electron chi connectivity index (χ2n) is 8.15. The Bertz CT molecular complexity index is 1350. The van der Waals surface area contributed by atoms with Gasteiger partial charge in [0.2, 0.25) is 11.8 Å². The zero-order valence-corrected chi connectivity index (χ0v) is 19.9. The lowest BCUT2D eigenvalue weighted by atomic mass is 10.1. The third-order valence-corrected chi connectivity index (χ3v) is 7.78. The van der Waals surface area contributed by atoms with Crippen molar-refractivity contribution >= 4 is 39.2 Å². The quantitative estimate of drug-likeness (QED) is 0.395. The molecule has 0 spiro atoms. The summed E-state index contributed by atoms with van der Waals surface area (Å²) in [5.41, 5.74) is 4.04.